The fraction of sp³-hybridized carbons (Fsp3) is 0.550. The third-order valence-electron chi connectivity index (χ3n) is 4.79. The third kappa shape index (κ3) is 4.75. The average molecular weight is 343 g/mol. The van der Waals surface area contributed by atoms with E-state index in [4.69, 9.17) is 4.74 Å². The number of carbonyl (C=O) groups excluding carboxylic acids is 1. The number of aromatic nitrogens is 1. The van der Waals surface area contributed by atoms with E-state index in [1.165, 1.54) is 23.8 Å². The zero-order chi connectivity index (χ0) is 18.1. The van der Waals surface area contributed by atoms with Gasteiger partial charge in [0.15, 0.2) is 0 Å². The van der Waals surface area contributed by atoms with Crippen molar-refractivity contribution in [3.63, 3.8) is 0 Å². The minimum absolute atomic E-state index is 0.121. The van der Waals surface area contributed by atoms with Crippen LogP contribution >= 0.6 is 0 Å². The summed E-state index contributed by atoms with van der Waals surface area (Å²) < 4.78 is 5.35. The van der Waals surface area contributed by atoms with E-state index >= 15 is 0 Å². The number of amides is 1. The van der Waals surface area contributed by atoms with Crippen molar-refractivity contribution in [2.24, 2.45) is 5.92 Å². The molecular formula is C20H29N3O2. The zero-order valence-electron chi connectivity index (χ0n) is 15.6. The van der Waals surface area contributed by atoms with E-state index in [2.05, 4.69) is 46.8 Å². The van der Waals surface area contributed by atoms with E-state index < -0.39 is 5.60 Å². The lowest BCUT2D eigenvalue weighted by molar-refractivity contribution is 0.0507. The van der Waals surface area contributed by atoms with Crippen LogP contribution in [0.5, 0.6) is 0 Å². The number of benzene rings is 1. The second-order valence-corrected chi connectivity index (χ2v) is 8.30. The van der Waals surface area contributed by atoms with E-state index in [0.717, 1.165) is 12.1 Å². The Morgan fingerprint density at radius 3 is 2.68 bits per heavy atom. The van der Waals surface area contributed by atoms with Gasteiger partial charge in [-0.05, 0) is 75.6 Å². The quantitative estimate of drug-likeness (QED) is 0.744. The standard InChI is InChI=1S/C20H29N3O2/c1-19(2,3)25-18(24)22-13-20(4,16-6-7-16)23-12-14-5-8-17-15(11-14)9-10-21-17/h5,8-11,16,21,23H,6-7,12-13H2,1-4H3,(H,22,24). The summed E-state index contributed by atoms with van der Waals surface area (Å²) in [5.74, 6) is 0.596. The van der Waals surface area contributed by atoms with Gasteiger partial charge in [0.25, 0.3) is 0 Å². The molecule has 0 radical (unpaired) electrons. The van der Waals surface area contributed by atoms with Gasteiger partial charge in [-0.15, -0.1) is 0 Å². The lowest BCUT2D eigenvalue weighted by atomic mass is 9.95. The Bertz CT molecular complexity index is 743. The topological polar surface area (TPSA) is 66.2 Å². The van der Waals surface area contributed by atoms with Crippen molar-refractivity contribution >= 4 is 17.0 Å². The molecule has 1 fully saturated rings. The molecule has 0 saturated heterocycles. The molecule has 1 aliphatic rings. The molecule has 1 amide bonds. The van der Waals surface area contributed by atoms with Crippen molar-refractivity contribution in [3.05, 3.63) is 36.0 Å². The first-order valence-corrected chi connectivity index (χ1v) is 9.03. The number of rotatable bonds is 6. The molecule has 1 aromatic carbocycles. The predicted molar refractivity (Wildman–Crippen MR) is 101 cm³/mol. The summed E-state index contributed by atoms with van der Waals surface area (Å²) in [7, 11) is 0. The molecule has 0 spiro atoms. The van der Waals surface area contributed by atoms with Gasteiger partial charge in [0.05, 0.1) is 0 Å². The van der Waals surface area contributed by atoms with Crippen LogP contribution in [0.3, 0.4) is 0 Å². The van der Waals surface area contributed by atoms with Gasteiger partial charge in [0, 0.05) is 30.3 Å². The Morgan fingerprint density at radius 2 is 2.00 bits per heavy atom. The van der Waals surface area contributed by atoms with Crippen molar-refractivity contribution in [2.45, 2.75) is 58.2 Å². The summed E-state index contributed by atoms with van der Waals surface area (Å²) in [4.78, 5) is 15.2. The first kappa shape index (κ1) is 17.8. The average Bonchev–Trinajstić information content (AvgIpc) is 3.28. The minimum atomic E-state index is -0.473. The van der Waals surface area contributed by atoms with Crippen LogP contribution in [0.2, 0.25) is 0 Å². The zero-order valence-corrected chi connectivity index (χ0v) is 15.6. The highest BCUT2D eigenvalue weighted by Gasteiger charge is 2.41. The molecule has 1 aromatic heterocycles. The van der Waals surface area contributed by atoms with Crippen LogP contribution in [0.15, 0.2) is 30.5 Å². The van der Waals surface area contributed by atoms with E-state index in [1.807, 2.05) is 27.0 Å². The van der Waals surface area contributed by atoms with Crippen molar-refractivity contribution in [1.29, 1.82) is 0 Å². The van der Waals surface area contributed by atoms with E-state index in [0.29, 0.717) is 12.5 Å². The Morgan fingerprint density at radius 1 is 1.24 bits per heavy atom. The second-order valence-electron chi connectivity index (χ2n) is 8.30. The number of carbonyl (C=O) groups is 1. The van der Waals surface area contributed by atoms with Gasteiger partial charge in [-0.2, -0.15) is 0 Å². The number of hydrogen-bond donors (Lipinski definition) is 3. The van der Waals surface area contributed by atoms with Crippen molar-refractivity contribution in [2.75, 3.05) is 6.54 Å². The van der Waals surface area contributed by atoms with E-state index in [1.54, 1.807) is 0 Å². The molecule has 3 N–H and O–H groups in total. The highest BCUT2D eigenvalue weighted by atomic mass is 16.6. The van der Waals surface area contributed by atoms with E-state index in [-0.39, 0.29) is 11.6 Å². The van der Waals surface area contributed by atoms with Crippen LogP contribution in [0, 0.1) is 5.92 Å². The number of H-pyrrole nitrogens is 1. The fourth-order valence-corrected chi connectivity index (χ4v) is 3.16. The maximum atomic E-state index is 12.0. The molecule has 25 heavy (non-hydrogen) atoms. The summed E-state index contributed by atoms with van der Waals surface area (Å²) in [5, 5.41) is 7.82. The number of hydrogen-bond acceptors (Lipinski definition) is 3. The Balaban J connectivity index is 1.59. The number of ether oxygens (including phenoxy) is 1. The Kier molecular flexibility index (Phi) is 4.78. The summed E-state index contributed by atoms with van der Waals surface area (Å²) in [6, 6.07) is 8.54. The monoisotopic (exact) mass is 343 g/mol. The molecule has 1 atom stereocenters. The lowest BCUT2D eigenvalue weighted by Crippen LogP contribution is -2.53. The predicted octanol–water partition coefficient (Wildman–Crippen LogP) is 3.95. The van der Waals surface area contributed by atoms with Gasteiger partial charge in [0.1, 0.15) is 5.60 Å². The maximum Gasteiger partial charge on any atom is 0.407 e. The van der Waals surface area contributed by atoms with Crippen LogP contribution in [0.1, 0.15) is 46.1 Å². The fourth-order valence-electron chi connectivity index (χ4n) is 3.16. The molecule has 1 heterocycles. The van der Waals surface area contributed by atoms with Gasteiger partial charge in [0.2, 0.25) is 0 Å². The van der Waals surface area contributed by atoms with Gasteiger partial charge >= 0.3 is 6.09 Å². The van der Waals surface area contributed by atoms with Gasteiger partial charge in [-0.1, -0.05) is 6.07 Å². The third-order valence-corrected chi connectivity index (χ3v) is 4.79. The highest BCUT2D eigenvalue weighted by molar-refractivity contribution is 5.79. The summed E-state index contributed by atoms with van der Waals surface area (Å²) >= 11 is 0. The first-order valence-electron chi connectivity index (χ1n) is 9.03. The van der Waals surface area contributed by atoms with Gasteiger partial charge < -0.3 is 20.4 Å². The molecule has 1 aliphatic carbocycles. The van der Waals surface area contributed by atoms with Crippen molar-refractivity contribution in [1.82, 2.24) is 15.6 Å². The molecule has 5 nitrogen and oxygen atoms in total. The molecular weight excluding hydrogens is 314 g/mol. The normalized spacial score (nSPS) is 17.3. The lowest BCUT2D eigenvalue weighted by Gasteiger charge is -2.32. The first-order chi connectivity index (χ1) is 11.8. The Hall–Kier alpha value is -2.01. The van der Waals surface area contributed by atoms with Crippen molar-refractivity contribution < 1.29 is 9.53 Å². The Labute approximate surface area is 149 Å². The van der Waals surface area contributed by atoms with Gasteiger partial charge in [-0.3, -0.25) is 0 Å². The number of alkyl carbamates (subject to hydrolysis) is 1. The molecule has 0 aliphatic heterocycles. The molecule has 136 valence electrons. The van der Waals surface area contributed by atoms with Crippen LogP contribution in [0.4, 0.5) is 4.79 Å². The number of fused-ring (bicyclic) bond motifs is 1. The molecule has 2 aromatic rings. The van der Waals surface area contributed by atoms with Crippen LogP contribution < -0.4 is 10.6 Å². The van der Waals surface area contributed by atoms with Crippen LogP contribution in [-0.2, 0) is 11.3 Å². The summed E-state index contributed by atoms with van der Waals surface area (Å²) in [6.07, 6.45) is 4.02. The molecule has 1 unspecified atom stereocenters. The minimum Gasteiger partial charge on any atom is -0.444 e. The number of aromatic amines is 1. The summed E-state index contributed by atoms with van der Waals surface area (Å²) in [5.41, 5.74) is 1.81. The van der Waals surface area contributed by atoms with Crippen molar-refractivity contribution in [3.8, 4) is 0 Å². The molecule has 5 heteroatoms. The summed E-state index contributed by atoms with van der Waals surface area (Å²) in [6.45, 7) is 9.17. The van der Waals surface area contributed by atoms with Gasteiger partial charge in [-0.25, -0.2) is 4.79 Å². The highest BCUT2D eigenvalue weighted by Crippen LogP contribution is 2.39. The smallest absolute Gasteiger partial charge is 0.407 e. The van der Waals surface area contributed by atoms with Crippen LogP contribution in [0.25, 0.3) is 10.9 Å². The maximum absolute atomic E-state index is 12.0. The van der Waals surface area contributed by atoms with E-state index in [9.17, 15) is 4.79 Å². The second kappa shape index (κ2) is 6.71. The molecule has 0 bridgehead atoms. The molecule has 1 saturated carbocycles. The number of nitrogens with one attached hydrogen (secondary N) is 3. The molecule has 3 rings (SSSR count). The SMILES string of the molecule is CC(C)(C)OC(=O)NCC(C)(NCc1ccc2[nH]ccc2c1)C1CC1. The largest absolute Gasteiger partial charge is 0.444 e. The van der Waals surface area contributed by atoms with Crippen LogP contribution in [-0.4, -0.2) is 28.8 Å².